The molecule has 92 valence electrons. The maximum absolute atomic E-state index is 12.0. The predicted molar refractivity (Wildman–Crippen MR) is 75.4 cm³/mol. The lowest BCUT2D eigenvalue weighted by molar-refractivity contribution is 0.197. The summed E-state index contributed by atoms with van der Waals surface area (Å²) in [6.07, 6.45) is 0. The zero-order chi connectivity index (χ0) is 12.7. The normalized spacial score (nSPS) is 16.3. The van der Waals surface area contributed by atoms with Crippen molar-refractivity contribution in [1.82, 2.24) is 0 Å². The Morgan fingerprint density at radius 3 is 1.07 bits per heavy atom. The predicted octanol–water partition coefficient (Wildman–Crippen LogP) is 4.45. The third kappa shape index (κ3) is 2.41. The van der Waals surface area contributed by atoms with Crippen LogP contribution in [0.15, 0.2) is 0 Å². The summed E-state index contributed by atoms with van der Waals surface area (Å²) in [5.41, 5.74) is 0.236. The summed E-state index contributed by atoms with van der Waals surface area (Å²) >= 11 is 0. The molecular formula is C12H29OPSi. The molecule has 0 aliphatic heterocycles. The third-order valence-corrected chi connectivity index (χ3v) is 12.6. The first kappa shape index (κ1) is 15.4. The molecule has 1 atom stereocenters. The van der Waals surface area contributed by atoms with Gasteiger partial charge in [-0.3, -0.25) is 0 Å². The second kappa shape index (κ2) is 4.03. The standard InChI is InChI=1S/C12H29OPSi/c1-10(2,3)12(14-13,11(4,5)6)15(7,8)9/h14H2,1-9H3. The highest BCUT2D eigenvalue weighted by Crippen LogP contribution is 2.57. The summed E-state index contributed by atoms with van der Waals surface area (Å²) < 4.78 is 12.0. The van der Waals surface area contributed by atoms with Crippen LogP contribution in [0.4, 0.5) is 0 Å². The van der Waals surface area contributed by atoms with Gasteiger partial charge >= 0.3 is 0 Å². The van der Waals surface area contributed by atoms with Crippen LogP contribution in [0.1, 0.15) is 41.5 Å². The SMILES string of the molecule is CC(C)(C)C([PH2]=O)(C(C)(C)C)[Si](C)(C)C. The van der Waals surface area contributed by atoms with Crippen molar-refractivity contribution in [3.63, 3.8) is 0 Å². The first-order valence-corrected chi connectivity index (χ1v) is 10.3. The minimum absolute atomic E-state index is 0.0208. The minimum atomic E-state index is -1.48. The van der Waals surface area contributed by atoms with Gasteiger partial charge in [0.2, 0.25) is 0 Å². The zero-order valence-electron chi connectivity index (χ0n) is 12.0. The van der Waals surface area contributed by atoms with Gasteiger partial charge in [0.05, 0.1) is 16.5 Å². The van der Waals surface area contributed by atoms with Gasteiger partial charge in [-0.1, -0.05) is 61.2 Å². The first-order chi connectivity index (χ1) is 6.31. The lowest BCUT2D eigenvalue weighted by Gasteiger charge is -2.57. The summed E-state index contributed by atoms with van der Waals surface area (Å²) in [6, 6.07) is 0. The van der Waals surface area contributed by atoms with E-state index in [-0.39, 0.29) is 15.6 Å². The summed E-state index contributed by atoms with van der Waals surface area (Å²) in [5.74, 6) is 0. The van der Waals surface area contributed by atoms with Crippen LogP contribution in [0.25, 0.3) is 0 Å². The molecule has 0 aromatic carbocycles. The van der Waals surface area contributed by atoms with Gasteiger partial charge in [0.25, 0.3) is 0 Å². The highest BCUT2D eigenvalue weighted by atomic mass is 31.1. The van der Waals surface area contributed by atoms with E-state index in [1.165, 1.54) is 0 Å². The summed E-state index contributed by atoms with van der Waals surface area (Å²) in [6.45, 7) is 20.6. The Labute approximate surface area is 98.3 Å². The molecule has 0 saturated heterocycles. The van der Waals surface area contributed by atoms with Gasteiger partial charge < -0.3 is 4.57 Å². The monoisotopic (exact) mass is 248 g/mol. The van der Waals surface area contributed by atoms with E-state index >= 15 is 0 Å². The second-order valence-electron chi connectivity index (χ2n) is 7.68. The van der Waals surface area contributed by atoms with Gasteiger partial charge in [-0.2, -0.15) is 0 Å². The van der Waals surface area contributed by atoms with E-state index in [1.807, 2.05) is 0 Å². The molecule has 1 unspecified atom stereocenters. The molecule has 0 saturated carbocycles. The number of hydrogen-bond donors (Lipinski definition) is 0. The van der Waals surface area contributed by atoms with E-state index in [1.54, 1.807) is 0 Å². The Hall–Kier alpha value is 0.447. The van der Waals surface area contributed by atoms with E-state index in [2.05, 4.69) is 61.2 Å². The van der Waals surface area contributed by atoms with Gasteiger partial charge in [0, 0.05) is 4.78 Å². The summed E-state index contributed by atoms with van der Waals surface area (Å²) in [4.78, 5) is 0. The van der Waals surface area contributed by atoms with E-state index < -0.39 is 16.5 Å². The van der Waals surface area contributed by atoms with Crippen LogP contribution < -0.4 is 0 Å². The fourth-order valence-electron chi connectivity index (χ4n) is 3.91. The molecule has 0 rings (SSSR count). The van der Waals surface area contributed by atoms with Gasteiger partial charge in [0.15, 0.2) is 0 Å². The Bertz CT molecular complexity index is 204. The van der Waals surface area contributed by atoms with Crippen LogP contribution in [-0.4, -0.2) is 12.9 Å². The Morgan fingerprint density at radius 1 is 0.800 bits per heavy atom. The smallest absolute Gasteiger partial charge is 0.0688 e. The summed E-state index contributed by atoms with van der Waals surface area (Å²) in [7, 11) is -2.23. The van der Waals surface area contributed by atoms with Gasteiger partial charge in [0.1, 0.15) is 0 Å². The van der Waals surface area contributed by atoms with Crippen molar-refractivity contribution in [1.29, 1.82) is 0 Å². The van der Waals surface area contributed by atoms with Crippen LogP contribution in [0.3, 0.4) is 0 Å². The van der Waals surface area contributed by atoms with Crippen molar-refractivity contribution in [3.05, 3.63) is 0 Å². The van der Waals surface area contributed by atoms with E-state index in [9.17, 15) is 4.57 Å². The molecule has 15 heavy (non-hydrogen) atoms. The molecule has 0 aliphatic carbocycles. The molecular weight excluding hydrogens is 219 g/mol. The zero-order valence-corrected chi connectivity index (χ0v) is 14.1. The lowest BCUT2D eigenvalue weighted by Crippen LogP contribution is -2.63. The second-order valence-corrected chi connectivity index (χ2v) is 14.6. The van der Waals surface area contributed by atoms with Crippen molar-refractivity contribution in [3.8, 4) is 0 Å². The van der Waals surface area contributed by atoms with Crippen molar-refractivity contribution < 1.29 is 4.57 Å². The van der Waals surface area contributed by atoms with E-state index in [0.717, 1.165) is 0 Å². The first-order valence-electron chi connectivity index (χ1n) is 5.77. The van der Waals surface area contributed by atoms with Gasteiger partial charge in [-0.15, -0.1) is 0 Å². The molecule has 0 aromatic rings. The topological polar surface area (TPSA) is 17.1 Å². The fraction of sp³-hybridized carbons (Fsp3) is 1.00. The Kier molecular flexibility index (Phi) is 4.15. The van der Waals surface area contributed by atoms with Crippen LogP contribution in [0.5, 0.6) is 0 Å². The maximum Gasteiger partial charge on any atom is 0.0688 e. The highest BCUT2D eigenvalue weighted by Gasteiger charge is 2.57. The van der Waals surface area contributed by atoms with Gasteiger partial charge in [-0.25, -0.2) is 0 Å². The minimum Gasteiger partial charge on any atom is -0.330 e. The van der Waals surface area contributed by atoms with Crippen LogP contribution in [-0.2, 0) is 4.57 Å². The van der Waals surface area contributed by atoms with Crippen molar-refractivity contribution in [2.24, 2.45) is 10.8 Å². The molecule has 1 nitrogen and oxygen atoms in total. The number of rotatable bonds is 2. The molecule has 0 bridgehead atoms. The molecule has 3 heteroatoms. The summed E-state index contributed by atoms with van der Waals surface area (Å²) in [5, 5.41) is 0. The molecule has 0 N–H and O–H groups in total. The number of hydrogen-bond acceptors (Lipinski definition) is 1. The Morgan fingerprint density at radius 2 is 1.07 bits per heavy atom. The van der Waals surface area contributed by atoms with Gasteiger partial charge in [-0.05, 0) is 10.8 Å². The average molecular weight is 248 g/mol. The van der Waals surface area contributed by atoms with Crippen molar-refractivity contribution >= 4 is 16.5 Å². The molecule has 0 heterocycles. The maximum atomic E-state index is 12.0. The molecule has 0 amide bonds. The van der Waals surface area contributed by atoms with Crippen LogP contribution in [0.2, 0.25) is 19.6 Å². The van der Waals surface area contributed by atoms with E-state index in [0.29, 0.717) is 0 Å². The molecule has 0 aliphatic rings. The molecule has 0 radical (unpaired) electrons. The lowest BCUT2D eigenvalue weighted by atomic mass is 9.75. The van der Waals surface area contributed by atoms with Crippen LogP contribution >= 0.6 is 8.46 Å². The highest BCUT2D eigenvalue weighted by molar-refractivity contribution is 7.33. The Balaban J connectivity index is 5.89. The van der Waals surface area contributed by atoms with Crippen molar-refractivity contribution in [2.45, 2.75) is 66.0 Å². The van der Waals surface area contributed by atoms with Crippen LogP contribution in [0, 0.1) is 10.8 Å². The molecule has 0 spiro atoms. The quantitative estimate of drug-likeness (QED) is 0.521. The van der Waals surface area contributed by atoms with Crippen molar-refractivity contribution in [2.75, 3.05) is 0 Å². The average Bonchev–Trinajstić information content (AvgIpc) is 1.76. The third-order valence-electron chi connectivity index (χ3n) is 3.73. The molecule has 0 fully saturated rings. The van der Waals surface area contributed by atoms with E-state index in [4.69, 9.17) is 0 Å². The molecule has 0 aromatic heterocycles. The fourth-order valence-corrected chi connectivity index (χ4v) is 10.5. The largest absolute Gasteiger partial charge is 0.330 e.